The molecular weight excluding hydrogens is 516 g/mol. The van der Waals surface area contributed by atoms with Crippen molar-refractivity contribution >= 4 is 0 Å². The molecule has 6 aromatic rings. The molecule has 0 heterocycles. The predicted molar refractivity (Wildman–Crippen MR) is 182 cm³/mol. The van der Waals surface area contributed by atoms with E-state index in [1.54, 1.807) is 0 Å². The second-order valence-corrected chi connectivity index (χ2v) is 13.4. The van der Waals surface area contributed by atoms with Crippen molar-refractivity contribution in [1.29, 1.82) is 0 Å². The molecule has 0 amide bonds. The Labute approximate surface area is 255 Å². The van der Waals surface area contributed by atoms with Gasteiger partial charge in [0.1, 0.15) is 0 Å². The quantitative estimate of drug-likeness (QED) is 0.204. The SMILES string of the molecule is CC1(C)c2ccccc2-c2cc(-c3cc(Cc4ccccc4)cc(-c4ccc5c(c4)-c4ccccc4C5(C)C)c3)ccc21. The van der Waals surface area contributed by atoms with Gasteiger partial charge in [-0.25, -0.2) is 0 Å². The Morgan fingerprint density at radius 3 is 1.30 bits per heavy atom. The maximum atomic E-state index is 2.43. The zero-order chi connectivity index (χ0) is 29.3. The second kappa shape index (κ2) is 9.41. The van der Waals surface area contributed by atoms with Crippen molar-refractivity contribution in [2.24, 2.45) is 0 Å². The van der Waals surface area contributed by atoms with Crippen LogP contribution in [0.1, 0.15) is 61.1 Å². The summed E-state index contributed by atoms with van der Waals surface area (Å²) in [6.07, 6.45) is 0.906. The maximum absolute atomic E-state index is 2.43. The summed E-state index contributed by atoms with van der Waals surface area (Å²) < 4.78 is 0. The Kier molecular flexibility index (Phi) is 5.69. The average Bonchev–Trinajstić information content (AvgIpc) is 3.41. The third-order valence-corrected chi connectivity index (χ3v) is 10.1. The average molecular weight is 553 g/mol. The first-order valence-electron chi connectivity index (χ1n) is 15.5. The van der Waals surface area contributed by atoms with E-state index in [9.17, 15) is 0 Å². The van der Waals surface area contributed by atoms with Crippen molar-refractivity contribution < 1.29 is 0 Å². The largest absolute Gasteiger partial charge is 0.0622 e. The van der Waals surface area contributed by atoms with Crippen LogP contribution in [0.3, 0.4) is 0 Å². The molecule has 2 aliphatic carbocycles. The summed E-state index contributed by atoms with van der Waals surface area (Å²) in [4.78, 5) is 0. The molecule has 208 valence electrons. The third-order valence-electron chi connectivity index (χ3n) is 10.1. The van der Waals surface area contributed by atoms with Gasteiger partial charge in [-0.05, 0) is 103 Å². The highest BCUT2D eigenvalue weighted by atomic mass is 14.4. The molecule has 0 radical (unpaired) electrons. The zero-order valence-electron chi connectivity index (χ0n) is 25.4. The lowest BCUT2D eigenvalue weighted by Gasteiger charge is -2.21. The number of benzene rings is 6. The van der Waals surface area contributed by atoms with Gasteiger partial charge in [0.15, 0.2) is 0 Å². The maximum Gasteiger partial charge on any atom is 0.0158 e. The Balaban J connectivity index is 1.29. The highest BCUT2D eigenvalue weighted by molar-refractivity contribution is 5.87. The second-order valence-electron chi connectivity index (χ2n) is 13.4. The van der Waals surface area contributed by atoms with Crippen molar-refractivity contribution in [3.8, 4) is 44.5 Å². The molecule has 0 spiro atoms. The molecule has 2 aliphatic rings. The lowest BCUT2D eigenvalue weighted by molar-refractivity contribution is 0.660. The van der Waals surface area contributed by atoms with Gasteiger partial charge in [0.2, 0.25) is 0 Å². The first-order valence-corrected chi connectivity index (χ1v) is 15.5. The minimum Gasteiger partial charge on any atom is -0.0622 e. The van der Waals surface area contributed by atoms with Crippen LogP contribution in [0.4, 0.5) is 0 Å². The lowest BCUT2D eigenvalue weighted by atomic mass is 9.82. The van der Waals surface area contributed by atoms with Crippen LogP contribution in [0.15, 0.2) is 133 Å². The molecule has 6 aromatic carbocycles. The summed E-state index contributed by atoms with van der Waals surface area (Å²) in [6.45, 7) is 9.40. The van der Waals surface area contributed by atoms with E-state index in [4.69, 9.17) is 0 Å². The Hall–Kier alpha value is -4.68. The standard InChI is InChI=1S/C43H36/c1-42(2)38-16-10-8-14-34(38)36-26-30(18-20-40(36)42)32-23-29(22-28-12-6-5-7-13-28)24-33(25-32)31-19-21-41-37(27-31)35-15-9-11-17-39(35)43(41,3)4/h5-21,23-27H,22H2,1-4H3. The first-order chi connectivity index (χ1) is 20.8. The van der Waals surface area contributed by atoms with E-state index in [0.29, 0.717) is 0 Å². The van der Waals surface area contributed by atoms with Crippen LogP contribution in [-0.2, 0) is 17.3 Å². The molecule has 0 unspecified atom stereocenters. The van der Waals surface area contributed by atoms with Crippen LogP contribution in [0.5, 0.6) is 0 Å². The number of fused-ring (bicyclic) bond motifs is 6. The molecular formula is C43H36. The van der Waals surface area contributed by atoms with Crippen molar-refractivity contribution in [2.75, 3.05) is 0 Å². The molecule has 0 fully saturated rings. The van der Waals surface area contributed by atoms with Gasteiger partial charge in [-0.3, -0.25) is 0 Å². The van der Waals surface area contributed by atoms with Crippen LogP contribution in [0, 0.1) is 0 Å². The molecule has 0 saturated heterocycles. The summed E-state index contributed by atoms with van der Waals surface area (Å²) in [7, 11) is 0. The Bertz CT molecular complexity index is 1910. The van der Waals surface area contributed by atoms with Crippen LogP contribution in [-0.4, -0.2) is 0 Å². The summed E-state index contributed by atoms with van der Waals surface area (Å²) in [5, 5.41) is 0. The van der Waals surface area contributed by atoms with Crippen LogP contribution in [0.2, 0.25) is 0 Å². The van der Waals surface area contributed by atoms with Crippen LogP contribution in [0.25, 0.3) is 44.5 Å². The van der Waals surface area contributed by atoms with Gasteiger partial charge >= 0.3 is 0 Å². The fourth-order valence-electron chi connectivity index (χ4n) is 7.76. The summed E-state index contributed by atoms with van der Waals surface area (Å²) in [5.41, 5.74) is 18.9. The molecule has 0 aromatic heterocycles. The molecule has 0 atom stereocenters. The molecule has 43 heavy (non-hydrogen) atoms. The molecule has 0 nitrogen and oxygen atoms in total. The van der Waals surface area contributed by atoms with Crippen LogP contribution < -0.4 is 0 Å². The Morgan fingerprint density at radius 1 is 0.349 bits per heavy atom. The van der Waals surface area contributed by atoms with Gasteiger partial charge in [-0.15, -0.1) is 0 Å². The van der Waals surface area contributed by atoms with E-state index >= 15 is 0 Å². The third kappa shape index (κ3) is 4.04. The fraction of sp³-hybridized carbons (Fsp3) is 0.163. The van der Waals surface area contributed by atoms with E-state index in [1.807, 2.05) is 0 Å². The van der Waals surface area contributed by atoms with E-state index in [1.165, 1.54) is 77.9 Å². The van der Waals surface area contributed by atoms with Crippen molar-refractivity contribution in [1.82, 2.24) is 0 Å². The number of rotatable bonds is 4. The van der Waals surface area contributed by atoms with Crippen molar-refractivity contribution in [3.05, 3.63) is 167 Å². The van der Waals surface area contributed by atoms with E-state index in [-0.39, 0.29) is 10.8 Å². The zero-order valence-corrected chi connectivity index (χ0v) is 25.4. The first kappa shape index (κ1) is 26.0. The van der Waals surface area contributed by atoms with Gasteiger partial charge in [0, 0.05) is 10.8 Å². The molecule has 0 heteroatoms. The van der Waals surface area contributed by atoms with E-state index in [2.05, 4.69) is 161 Å². The van der Waals surface area contributed by atoms with Gasteiger partial charge in [-0.1, -0.05) is 143 Å². The highest BCUT2D eigenvalue weighted by Gasteiger charge is 2.36. The van der Waals surface area contributed by atoms with E-state index < -0.39 is 0 Å². The van der Waals surface area contributed by atoms with Crippen molar-refractivity contribution in [3.63, 3.8) is 0 Å². The van der Waals surface area contributed by atoms with E-state index in [0.717, 1.165) is 6.42 Å². The minimum absolute atomic E-state index is 0.0132. The Morgan fingerprint density at radius 2 is 0.791 bits per heavy atom. The summed E-state index contributed by atoms with van der Waals surface area (Å²) in [6, 6.07) is 50.1. The predicted octanol–water partition coefficient (Wildman–Crippen LogP) is 11.2. The molecule has 0 N–H and O–H groups in total. The van der Waals surface area contributed by atoms with Gasteiger partial charge in [0.05, 0.1) is 0 Å². The minimum atomic E-state index is 0.0132. The van der Waals surface area contributed by atoms with Gasteiger partial charge < -0.3 is 0 Å². The molecule has 0 bridgehead atoms. The lowest BCUT2D eigenvalue weighted by Crippen LogP contribution is -2.14. The van der Waals surface area contributed by atoms with Gasteiger partial charge in [0.25, 0.3) is 0 Å². The summed E-state index contributed by atoms with van der Waals surface area (Å²) >= 11 is 0. The fourth-order valence-corrected chi connectivity index (χ4v) is 7.76. The smallest absolute Gasteiger partial charge is 0.0158 e. The summed E-state index contributed by atoms with van der Waals surface area (Å²) in [5.74, 6) is 0. The number of hydrogen-bond donors (Lipinski definition) is 0. The molecule has 8 rings (SSSR count). The molecule has 0 aliphatic heterocycles. The van der Waals surface area contributed by atoms with Crippen molar-refractivity contribution in [2.45, 2.75) is 44.9 Å². The molecule has 0 saturated carbocycles. The monoisotopic (exact) mass is 552 g/mol. The van der Waals surface area contributed by atoms with Gasteiger partial charge in [-0.2, -0.15) is 0 Å². The normalized spacial score (nSPS) is 15.0. The number of hydrogen-bond acceptors (Lipinski definition) is 0. The van der Waals surface area contributed by atoms with Crippen LogP contribution >= 0.6 is 0 Å². The highest BCUT2D eigenvalue weighted by Crippen LogP contribution is 2.51. The topological polar surface area (TPSA) is 0 Å².